The van der Waals surface area contributed by atoms with Gasteiger partial charge in [0.05, 0.1) is 32.3 Å². The number of aromatic nitrogens is 3. The summed E-state index contributed by atoms with van der Waals surface area (Å²) in [6.07, 6.45) is 0. The highest BCUT2D eigenvalue weighted by Gasteiger charge is 2.08. The Kier molecular flexibility index (Phi) is 2.82. The average molecular weight is 297 g/mol. The molecular weight excluding hydrogens is 286 g/mol. The van der Waals surface area contributed by atoms with Gasteiger partial charge >= 0.3 is 0 Å². The molecule has 0 aliphatic rings. The summed E-state index contributed by atoms with van der Waals surface area (Å²) in [5.41, 5.74) is 4.73. The first-order chi connectivity index (χ1) is 9.83. The van der Waals surface area contributed by atoms with Crippen molar-refractivity contribution in [1.82, 2.24) is 15.0 Å². The summed E-state index contributed by atoms with van der Waals surface area (Å²) in [4.78, 5) is 14.0. The summed E-state index contributed by atoms with van der Waals surface area (Å²) in [6, 6.07) is 12.1. The molecule has 0 unspecified atom stereocenters. The quantitative estimate of drug-likeness (QED) is 0.403. The predicted octanol–water partition coefficient (Wildman–Crippen LogP) is 4.50. The van der Waals surface area contributed by atoms with E-state index in [2.05, 4.69) is 23.0 Å². The Balaban J connectivity index is 2.02. The summed E-state index contributed by atoms with van der Waals surface area (Å²) in [7, 11) is 0. The molecule has 0 bridgehead atoms. The molecule has 5 heteroatoms. The Labute approximate surface area is 124 Å². The SMILES string of the molecule is CCSc1nc2cc3nc4ccccc4nc3cc2s1. The molecule has 0 spiro atoms. The zero-order valence-corrected chi connectivity index (χ0v) is 12.5. The molecule has 0 radical (unpaired) electrons. The van der Waals surface area contributed by atoms with E-state index in [1.165, 1.54) is 4.70 Å². The number of hydrogen-bond donors (Lipinski definition) is 0. The van der Waals surface area contributed by atoms with Crippen molar-refractivity contribution in [2.75, 3.05) is 5.75 Å². The second kappa shape index (κ2) is 4.68. The third kappa shape index (κ3) is 1.94. The Morgan fingerprint density at radius 2 is 1.60 bits per heavy atom. The lowest BCUT2D eigenvalue weighted by Gasteiger charge is -2.00. The molecule has 0 aliphatic carbocycles. The van der Waals surface area contributed by atoms with Crippen LogP contribution >= 0.6 is 23.1 Å². The zero-order valence-electron chi connectivity index (χ0n) is 10.8. The van der Waals surface area contributed by atoms with Gasteiger partial charge in [0.25, 0.3) is 0 Å². The van der Waals surface area contributed by atoms with Crippen LogP contribution in [-0.4, -0.2) is 20.7 Å². The molecule has 2 aromatic carbocycles. The van der Waals surface area contributed by atoms with Crippen molar-refractivity contribution in [2.24, 2.45) is 0 Å². The van der Waals surface area contributed by atoms with Crippen LogP contribution in [0.3, 0.4) is 0 Å². The van der Waals surface area contributed by atoms with Crippen molar-refractivity contribution in [2.45, 2.75) is 11.3 Å². The van der Waals surface area contributed by atoms with Crippen molar-refractivity contribution in [3.63, 3.8) is 0 Å². The minimum Gasteiger partial charge on any atom is -0.244 e. The second-order valence-corrected chi connectivity index (χ2v) is 6.98. The van der Waals surface area contributed by atoms with E-state index >= 15 is 0 Å². The minimum atomic E-state index is 0.912. The summed E-state index contributed by atoms with van der Waals surface area (Å²) in [6.45, 7) is 2.14. The fourth-order valence-corrected chi connectivity index (χ4v) is 4.19. The van der Waals surface area contributed by atoms with E-state index in [1.807, 2.05) is 30.3 Å². The molecule has 3 nitrogen and oxygen atoms in total. The number of fused-ring (bicyclic) bond motifs is 3. The molecule has 4 rings (SSSR count). The largest absolute Gasteiger partial charge is 0.244 e. The zero-order chi connectivity index (χ0) is 13.5. The van der Waals surface area contributed by atoms with E-state index in [-0.39, 0.29) is 0 Å². The highest BCUT2D eigenvalue weighted by molar-refractivity contribution is 8.01. The van der Waals surface area contributed by atoms with Gasteiger partial charge in [-0.25, -0.2) is 15.0 Å². The van der Waals surface area contributed by atoms with Crippen molar-refractivity contribution >= 4 is 55.4 Å². The van der Waals surface area contributed by atoms with Crippen molar-refractivity contribution in [1.29, 1.82) is 0 Å². The fraction of sp³-hybridized carbons (Fsp3) is 0.133. The standard InChI is InChI=1S/C15H11N3S2/c1-2-19-15-18-13-7-11-12(8-14(13)20-15)17-10-6-4-3-5-9(10)16-11/h3-8H,2H2,1H3. The van der Waals surface area contributed by atoms with Gasteiger partial charge in [-0.15, -0.1) is 11.3 Å². The average Bonchev–Trinajstić information content (AvgIpc) is 2.84. The van der Waals surface area contributed by atoms with E-state index in [1.54, 1.807) is 23.1 Å². The van der Waals surface area contributed by atoms with Gasteiger partial charge in [-0.2, -0.15) is 0 Å². The number of thiazole rings is 1. The molecule has 0 aliphatic heterocycles. The van der Waals surface area contributed by atoms with Crippen LogP contribution in [0.15, 0.2) is 40.7 Å². The Morgan fingerprint density at radius 3 is 2.30 bits per heavy atom. The summed E-state index contributed by atoms with van der Waals surface area (Å²) in [5, 5.41) is 0. The maximum Gasteiger partial charge on any atom is 0.151 e. The minimum absolute atomic E-state index is 0.912. The lowest BCUT2D eigenvalue weighted by atomic mass is 10.2. The number of para-hydroxylation sites is 2. The van der Waals surface area contributed by atoms with Crippen LogP contribution in [0, 0.1) is 0 Å². The molecule has 0 amide bonds. The number of rotatable bonds is 2. The third-order valence-corrected chi connectivity index (χ3v) is 5.14. The first kappa shape index (κ1) is 12.1. The Hall–Kier alpha value is -1.72. The van der Waals surface area contributed by atoms with E-state index in [0.29, 0.717) is 0 Å². The van der Waals surface area contributed by atoms with Crippen molar-refractivity contribution in [3.8, 4) is 0 Å². The molecule has 0 atom stereocenters. The first-order valence-corrected chi connectivity index (χ1v) is 8.23. The van der Waals surface area contributed by atoms with Gasteiger partial charge in [0.2, 0.25) is 0 Å². The van der Waals surface area contributed by atoms with Crippen LogP contribution in [0.1, 0.15) is 6.92 Å². The highest BCUT2D eigenvalue weighted by atomic mass is 32.2. The smallest absolute Gasteiger partial charge is 0.151 e. The van der Waals surface area contributed by atoms with Gasteiger partial charge in [0.15, 0.2) is 4.34 Å². The van der Waals surface area contributed by atoms with Crippen molar-refractivity contribution in [3.05, 3.63) is 36.4 Å². The van der Waals surface area contributed by atoms with Gasteiger partial charge in [0.1, 0.15) is 0 Å². The molecule has 0 saturated heterocycles. The van der Waals surface area contributed by atoms with Crippen LogP contribution in [0.4, 0.5) is 0 Å². The third-order valence-electron chi connectivity index (χ3n) is 3.10. The molecule has 0 N–H and O–H groups in total. The highest BCUT2D eigenvalue weighted by Crippen LogP contribution is 2.31. The monoisotopic (exact) mass is 297 g/mol. The fourth-order valence-electron chi connectivity index (χ4n) is 2.21. The number of benzene rings is 2. The number of nitrogens with zero attached hydrogens (tertiary/aromatic N) is 3. The molecule has 20 heavy (non-hydrogen) atoms. The molecule has 2 heterocycles. The van der Waals surface area contributed by atoms with Crippen LogP contribution < -0.4 is 0 Å². The van der Waals surface area contributed by atoms with E-state index < -0.39 is 0 Å². The molecule has 0 fully saturated rings. The van der Waals surface area contributed by atoms with Gasteiger partial charge < -0.3 is 0 Å². The molecule has 98 valence electrons. The molecule has 0 saturated carbocycles. The number of hydrogen-bond acceptors (Lipinski definition) is 5. The molecule has 2 aromatic heterocycles. The van der Waals surface area contributed by atoms with Crippen LogP contribution in [-0.2, 0) is 0 Å². The molecule has 4 aromatic rings. The maximum atomic E-state index is 4.69. The van der Waals surface area contributed by atoms with Crippen LogP contribution in [0.25, 0.3) is 32.3 Å². The summed E-state index contributed by atoms with van der Waals surface area (Å²) in [5.74, 6) is 1.04. The van der Waals surface area contributed by atoms with Crippen LogP contribution in [0.5, 0.6) is 0 Å². The summed E-state index contributed by atoms with van der Waals surface area (Å²) < 4.78 is 2.29. The van der Waals surface area contributed by atoms with E-state index in [9.17, 15) is 0 Å². The Morgan fingerprint density at radius 1 is 0.900 bits per heavy atom. The normalized spacial score (nSPS) is 11.7. The topological polar surface area (TPSA) is 38.7 Å². The van der Waals surface area contributed by atoms with Gasteiger partial charge in [-0.1, -0.05) is 30.8 Å². The van der Waals surface area contributed by atoms with Gasteiger partial charge in [-0.3, -0.25) is 0 Å². The van der Waals surface area contributed by atoms with Gasteiger partial charge in [0, 0.05) is 0 Å². The second-order valence-electron chi connectivity index (χ2n) is 4.43. The molecular formula is C15H11N3S2. The van der Waals surface area contributed by atoms with Gasteiger partial charge in [-0.05, 0) is 30.0 Å². The predicted molar refractivity (Wildman–Crippen MR) is 86.6 cm³/mol. The van der Waals surface area contributed by atoms with E-state index in [4.69, 9.17) is 4.98 Å². The maximum absolute atomic E-state index is 4.69. The van der Waals surface area contributed by atoms with E-state index in [0.717, 1.165) is 37.7 Å². The lowest BCUT2D eigenvalue weighted by Crippen LogP contribution is -1.86. The number of thioether (sulfide) groups is 1. The van der Waals surface area contributed by atoms with Crippen LogP contribution in [0.2, 0.25) is 0 Å². The van der Waals surface area contributed by atoms with Crippen molar-refractivity contribution < 1.29 is 0 Å². The lowest BCUT2D eigenvalue weighted by molar-refractivity contribution is 1.30. The Bertz CT molecular complexity index is 858. The first-order valence-electron chi connectivity index (χ1n) is 6.43. The summed E-state index contributed by atoms with van der Waals surface area (Å²) >= 11 is 3.50.